The predicted octanol–water partition coefficient (Wildman–Crippen LogP) is 6.09. The van der Waals surface area contributed by atoms with Gasteiger partial charge in [-0.05, 0) is 109 Å². The lowest BCUT2D eigenvalue weighted by atomic mass is 9.43. The number of esters is 2. The van der Waals surface area contributed by atoms with Gasteiger partial charge in [0, 0.05) is 5.69 Å². The molecule has 0 aliphatic heterocycles. The van der Waals surface area contributed by atoms with E-state index in [0.717, 1.165) is 37.7 Å². The summed E-state index contributed by atoms with van der Waals surface area (Å²) in [4.78, 5) is 38.1. The number of nitrogens with one attached hydrogen (secondary N) is 1. The van der Waals surface area contributed by atoms with Crippen LogP contribution in [0.1, 0.15) is 60.0 Å². The van der Waals surface area contributed by atoms with Gasteiger partial charge in [0.1, 0.15) is 12.4 Å². The van der Waals surface area contributed by atoms with Gasteiger partial charge in [0.05, 0.1) is 32.3 Å². The molecule has 4 aliphatic rings. The fourth-order valence-electron chi connectivity index (χ4n) is 8.20. The fourth-order valence-corrected chi connectivity index (χ4v) is 8.20. The maximum absolute atomic E-state index is 13.8. The molecule has 4 aliphatic carbocycles. The maximum atomic E-state index is 13.8. The van der Waals surface area contributed by atoms with Crippen LogP contribution in [0, 0.1) is 17.3 Å². The second-order valence-electron chi connectivity index (χ2n) is 12.7. The van der Waals surface area contributed by atoms with Gasteiger partial charge < -0.3 is 29.0 Å². The summed E-state index contributed by atoms with van der Waals surface area (Å²) >= 11 is 0. The van der Waals surface area contributed by atoms with Crippen molar-refractivity contribution in [2.75, 3.05) is 33.3 Å². The number of methoxy groups -OCH3 is 3. The van der Waals surface area contributed by atoms with Crippen LogP contribution in [0.4, 0.5) is 5.69 Å². The van der Waals surface area contributed by atoms with Gasteiger partial charge in [-0.25, -0.2) is 4.79 Å². The summed E-state index contributed by atoms with van der Waals surface area (Å²) in [6, 6.07) is 20.1. The van der Waals surface area contributed by atoms with Crippen molar-refractivity contribution in [3.05, 3.63) is 83.4 Å². The van der Waals surface area contributed by atoms with E-state index in [-0.39, 0.29) is 30.5 Å². The van der Waals surface area contributed by atoms with Crippen LogP contribution >= 0.6 is 0 Å². The van der Waals surface area contributed by atoms with Gasteiger partial charge >= 0.3 is 11.9 Å². The van der Waals surface area contributed by atoms with E-state index >= 15 is 0 Å². The summed E-state index contributed by atoms with van der Waals surface area (Å²) < 4.78 is 27.3. The number of rotatable bonds is 11. The van der Waals surface area contributed by atoms with Crippen molar-refractivity contribution in [3.8, 4) is 17.2 Å². The van der Waals surface area contributed by atoms with Crippen molar-refractivity contribution in [2.24, 2.45) is 17.3 Å². The Morgan fingerprint density at radius 3 is 2.27 bits per heavy atom. The van der Waals surface area contributed by atoms with Gasteiger partial charge in [-0.3, -0.25) is 9.59 Å². The fraction of sp³-hybridized carbons (Fsp3) is 0.417. The second kappa shape index (κ2) is 12.5. The molecule has 4 saturated carbocycles. The van der Waals surface area contributed by atoms with E-state index < -0.39 is 11.4 Å². The first-order valence-corrected chi connectivity index (χ1v) is 15.3. The summed E-state index contributed by atoms with van der Waals surface area (Å²) in [5, 5.41) is 2.75. The molecule has 0 saturated heterocycles. The lowest BCUT2D eigenvalue weighted by Crippen LogP contribution is -2.57. The highest BCUT2D eigenvalue weighted by Gasteiger charge is 2.61. The third kappa shape index (κ3) is 6.21. The zero-order chi connectivity index (χ0) is 31.6. The Morgan fingerprint density at radius 2 is 1.58 bits per heavy atom. The van der Waals surface area contributed by atoms with Crippen molar-refractivity contribution in [1.82, 2.24) is 0 Å². The molecule has 7 rings (SSSR count). The number of anilines is 1. The third-order valence-electron chi connectivity index (χ3n) is 9.72. The van der Waals surface area contributed by atoms with Crippen LogP contribution in [0.3, 0.4) is 0 Å². The third-order valence-corrected chi connectivity index (χ3v) is 9.72. The molecule has 4 bridgehead atoms. The van der Waals surface area contributed by atoms with E-state index in [0.29, 0.717) is 40.3 Å². The molecule has 45 heavy (non-hydrogen) atoms. The van der Waals surface area contributed by atoms with Gasteiger partial charge in [-0.2, -0.15) is 0 Å². The largest absolute Gasteiger partial charge is 0.493 e. The van der Waals surface area contributed by atoms with Crippen molar-refractivity contribution in [1.29, 1.82) is 0 Å². The topological polar surface area (TPSA) is 109 Å². The zero-order valence-corrected chi connectivity index (χ0v) is 25.9. The van der Waals surface area contributed by atoms with E-state index in [4.69, 9.17) is 23.7 Å². The summed E-state index contributed by atoms with van der Waals surface area (Å²) in [5.74, 6) is 1.92. The van der Waals surface area contributed by atoms with Gasteiger partial charge in [0.2, 0.25) is 0 Å². The smallest absolute Gasteiger partial charge is 0.337 e. The molecule has 1 N–H and O–H groups in total. The maximum Gasteiger partial charge on any atom is 0.337 e. The molecule has 2 unspecified atom stereocenters. The molecular weight excluding hydrogens is 574 g/mol. The van der Waals surface area contributed by atoms with Gasteiger partial charge in [0.15, 0.2) is 18.1 Å². The van der Waals surface area contributed by atoms with E-state index in [1.54, 1.807) is 38.5 Å². The Bertz CT molecular complexity index is 1570. The zero-order valence-electron chi connectivity index (χ0n) is 25.9. The second-order valence-corrected chi connectivity index (χ2v) is 12.7. The SMILES string of the molecule is COC(=O)c1cccc(NC(=O)COc2ccc(C34CC5CC(CC(C(=O)OCc6ccc(OC)c(OC)c6)(C5)C3)C4)cc2)c1. The molecule has 0 aromatic heterocycles. The molecule has 3 aromatic rings. The van der Waals surface area contributed by atoms with Crippen LogP contribution < -0.4 is 19.5 Å². The standard InChI is InChI=1S/C36H39NO8/c1-41-30-12-7-23(14-31(30)42-2)20-45-34(40)36-18-24-13-25(19-36)17-35(16-24,22-36)27-8-10-29(11-9-27)44-21-32(38)37-28-6-4-5-26(15-28)33(39)43-3/h4-12,14-15,24-25H,13,16-22H2,1-3H3,(H,37,38). The van der Waals surface area contributed by atoms with Crippen molar-refractivity contribution in [2.45, 2.75) is 50.5 Å². The molecule has 3 aromatic carbocycles. The Kier molecular flexibility index (Phi) is 8.44. The molecule has 4 fully saturated rings. The summed E-state index contributed by atoms with van der Waals surface area (Å²) in [6.45, 7) is 0.0196. The summed E-state index contributed by atoms with van der Waals surface area (Å²) in [6.07, 6.45) is 5.86. The van der Waals surface area contributed by atoms with Crippen LogP contribution in [0.2, 0.25) is 0 Å². The molecule has 1 amide bonds. The normalized spacial score (nSPS) is 24.4. The minimum atomic E-state index is -0.473. The first-order chi connectivity index (χ1) is 21.7. The Balaban J connectivity index is 1.09. The minimum absolute atomic E-state index is 0.0764. The summed E-state index contributed by atoms with van der Waals surface area (Å²) in [5.41, 5.74) is 2.36. The number of carbonyl (C=O) groups is 3. The molecule has 9 heteroatoms. The Hall–Kier alpha value is -4.53. The number of hydrogen-bond donors (Lipinski definition) is 1. The van der Waals surface area contributed by atoms with Crippen molar-refractivity contribution >= 4 is 23.5 Å². The molecular formula is C36H39NO8. The quantitative estimate of drug-likeness (QED) is 0.259. The van der Waals surface area contributed by atoms with E-state index in [1.807, 2.05) is 30.3 Å². The van der Waals surface area contributed by atoms with Gasteiger partial charge in [-0.15, -0.1) is 0 Å². The lowest BCUT2D eigenvalue weighted by Gasteiger charge is -2.61. The lowest BCUT2D eigenvalue weighted by molar-refractivity contribution is -0.175. The average Bonchev–Trinajstić information content (AvgIpc) is 3.05. The highest BCUT2D eigenvalue weighted by atomic mass is 16.5. The van der Waals surface area contributed by atoms with Crippen LogP contribution in [0.25, 0.3) is 0 Å². The van der Waals surface area contributed by atoms with Crippen LogP contribution in [-0.4, -0.2) is 45.8 Å². The molecule has 0 radical (unpaired) electrons. The van der Waals surface area contributed by atoms with Gasteiger partial charge in [-0.1, -0.05) is 24.3 Å². The van der Waals surface area contributed by atoms with E-state index in [9.17, 15) is 14.4 Å². The molecule has 236 valence electrons. The molecule has 9 nitrogen and oxygen atoms in total. The highest BCUT2D eigenvalue weighted by Crippen LogP contribution is 2.66. The summed E-state index contributed by atoms with van der Waals surface area (Å²) in [7, 11) is 4.50. The number of carbonyl (C=O) groups excluding carboxylic acids is 3. The Morgan fingerprint density at radius 1 is 0.844 bits per heavy atom. The van der Waals surface area contributed by atoms with E-state index in [1.165, 1.54) is 19.1 Å². The van der Waals surface area contributed by atoms with Crippen LogP contribution in [0.5, 0.6) is 17.2 Å². The van der Waals surface area contributed by atoms with Crippen molar-refractivity contribution in [3.63, 3.8) is 0 Å². The number of benzene rings is 3. The van der Waals surface area contributed by atoms with Crippen molar-refractivity contribution < 1.29 is 38.1 Å². The van der Waals surface area contributed by atoms with Crippen LogP contribution in [-0.2, 0) is 31.1 Å². The molecule has 0 spiro atoms. The average molecular weight is 614 g/mol. The minimum Gasteiger partial charge on any atom is -0.493 e. The highest BCUT2D eigenvalue weighted by molar-refractivity contribution is 5.95. The molecule has 2 atom stereocenters. The number of ether oxygens (including phenoxy) is 5. The monoisotopic (exact) mass is 613 g/mol. The number of amides is 1. The first kappa shape index (κ1) is 30.5. The van der Waals surface area contributed by atoms with E-state index in [2.05, 4.69) is 17.4 Å². The number of hydrogen-bond acceptors (Lipinski definition) is 8. The first-order valence-electron chi connectivity index (χ1n) is 15.3. The van der Waals surface area contributed by atoms with Crippen LogP contribution in [0.15, 0.2) is 66.7 Å². The predicted molar refractivity (Wildman–Crippen MR) is 166 cm³/mol. The Labute approximate surface area is 263 Å². The molecule has 0 heterocycles. The van der Waals surface area contributed by atoms with Gasteiger partial charge in [0.25, 0.3) is 5.91 Å².